The Morgan fingerprint density at radius 3 is 2.68 bits per heavy atom. The van der Waals surface area contributed by atoms with Gasteiger partial charge in [0.15, 0.2) is 11.5 Å². The zero-order valence-corrected chi connectivity index (χ0v) is 14.9. The van der Waals surface area contributed by atoms with Crippen LogP contribution in [0.25, 0.3) is 0 Å². The van der Waals surface area contributed by atoms with Crippen LogP contribution in [0, 0.1) is 6.92 Å². The van der Waals surface area contributed by atoms with Crippen LogP contribution in [0.15, 0.2) is 34.7 Å². The van der Waals surface area contributed by atoms with Crippen molar-refractivity contribution in [2.24, 2.45) is 0 Å². The highest BCUT2D eigenvalue weighted by atomic mass is 16.7. The predicted octanol–water partition coefficient (Wildman–Crippen LogP) is 4.43. The third-order valence-electron chi connectivity index (χ3n) is 4.30. The molecule has 1 aliphatic rings. The number of hydrogen-bond acceptors (Lipinski definition) is 4. The Balaban J connectivity index is 1.71. The fourth-order valence-corrected chi connectivity index (χ4v) is 2.93. The Morgan fingerprint density at radius 2 is 1.92 bits per heavy atom. The van der Waals surface area contributed by atoms with E-state index in [0.29, 0.717) is 19.5 Å². The Labute approximate surface area is 148 Å². The van der Waals surface area contributed by atoms with Crippen molar-refractivity contribution in [2.75, 3.05) is 6.79 Å². The number of aryl methyl sites for hydroxylation is 1. The number of unbranched alkanes of at least 4 members (excludes halogenated alkanes) is 2. The van der Waals surface area contributed by atoms with Gasteiger partial charge in [-0.1, -0.05) is 25.8 Å². The Kier molecular flexibility index (Phi) is 5.64. The maximum Gasteiger partial charge on any atom is 0.231 e. The molecule has 2 heterocycles. The van der Waals surface area contributed by atoms with E-state index in [0.717, 1.165) is 47.8 Å². The molecular weight excluding hydrogens is 318 g/mol. The lowest BCUT2D eigenvalue weighted by atomic mass is 10.1. The lowest BCUT2D eigenvalue weighted by Crippen LogP contribution is -2.29. The molecule has 5 heteroatoms. The van der Waals surface area contributed by atoms with Gasteiger partial charge in [-0.25, -0.2) is 0 Å². The van der Waals surface area contributed by atoms with E-state index in [1.807, 2.05) is 42.2 Å². The van der Waals surface area contributed by atoms with Crippen LogP contribution in [-0.4, -0.2) is 17.6 Å². The molecule has 0 atom stereocenters. The smallest absolute Gasteiger partial charge is 0.231 e. The maximum atomic E-state index is 12.7. The SMILES string of the molecule is CCCCCC(=O)N(Cc1ccc2c(c1)OCO2)Cc1ccc(C)o1. The summed E-state index contributed by atoms with van der Waals surface area (Å²) in [5, 5.41) is 0. The van der Waals surface area contributed by atoms with Gasteiger partial charge < -0.3 is 18.8 Å². The summed E-state index contributed by atoms with van der Waals surface area (Å²) in [5.74, 6) is 3.31. The number of amides is 1. The highest BCUT2D eigenvalue weighted by molar-refractivity contribution is 5.76. The minimum atomic E-state index is 0.153. The van der Waals surface area contributed by atoms with Gasteiger partial charge in [0.25, 0.3) is 0 Å². The van der Waals surface area contributed by atoms with Crippen LogP contribution < -0.4 is 9.47 Å². The molecule has 5 nitrogen and oxygen atoms in total. The second kappa shape index (κ2) is 8.10. The molecule has 1 aliphatic heterocycles. The fourth-order valence-electron chi connectivity index (χ4n) is 2.93. The number of hydrogen-bond donors (Lipinski definition) is 0. The van der Waals surface area contributed by atoms with Gasteiger partial charge in [-0.2, -0.15) is 0 Å². The number of furan rings is 1. The van der Waals surface area contributed by atoms with E-state index >= 15 is 0 Å². The zero-order chi connectivity index (χ0) is 17.6. The standard InChI is InChI=1S/C20H25NO4/c1-3-4-5-6-20(22)21(13-17-9-7-15(2)25-17)12-16-8-10-18-19(11-16)24-14-23-18/h7-11H,3-6,12-14H2,1-2H3. The lowest BCUT2D eigenvalue weighted by molar-refractivity contribution is -0.132. The van der Waals surface area contributed by atoms with Gasteiger partial charge in [-0.15, -0.1) is 0 Å². The van der Waals surface area contributed by atoms with Gasteiger partial charge in [-0.05, 0) is 43.2 Å². The van der Waals surface area contributed by atoms with Crippen molar-refractivity contribution in [1.29, 1.82) is 0 Å². The molecule has 0 aliphatic carbocycles. The van der Waals surface area contributed by atoms with Gasteiger partial charge in [0, 0.05) is 13.0 Å². The van der Waals surface area contributed by atoms with Gasteiger partial charge in [0.1, 0.15) is 11.5 Å². The van der Waals surface area contributed by atoms with Crippen molar-refractivity contribution >= 4 is 5.91 Å². The fraction of sp³-hybridized carbons (Fsp3) is 0.450. The van der Waals surface area contributed by atoms with Crippen molar-refractivity contribution in [1.82, 2.24) is 4.90 Å². The highest BCUT2D eigenvalue weighted by Gasteiger charge is 2.18. The van der Waals surface area contributed by atoms with Crippen molar-refractivity contribution in [3.8, 4) is 11.5 Å². The van der Waals surface area contributed by atoms with E-state index in [1.54, 1.807) is 0 Å². The first-order valence-electron chi connectivity index (χ1n) is 8.87. The zero-order valence-electron chi connectivity index (χ0n) is 14.9. The van der Waals surface area contributed by atoms with E-state index in [-0.39, 0.29) is 12.7 Å². The molecule has 2 aromatic rings. The molecule has 1 amide bonds. The van der Waals surface area contributed by atoms with Crippen molar-refractivity contribution in [2.45, 2.75) is 52.6 Å². The van der Waals surface area contributed by atoms with Crippen LogP contribution in [0.1, 0.15) is 49.7 Å². The van der Waals surface area contributed by atoms with E-state index < -0.39 is 0 Å². The summed E-state index contributed by atoms with van der Waals surface area (Å²) in [6.45, 7) is 5.31. The van der Waals surface area contributed by atoms with Gasteiger partial charge in [0.2, 0.25) is 12.7 Å². The third kappa shape index (κ3) is 4.56. The molecule has 1 aromatic heterocycles. The summed E-state index contributed by atoms with van der Waals surface area (Å²) in [5.41, 5.74) is 1.02. The van der Waals surface area contributed by atoms with Crippen LogP contribution in [-0.2, 0) is 17.9 Å². The number of fused-ring (bicyclic) bond motifs is 1. The first kappa shape index (κ1) is 17.4. The van der Waals surface area contributed by atoms with Crippen LogP contribution in [0.3, 0.4) is 0 Å². The molecule has 0 spiro atoms. The molecule has 3 rings (SSSR count). The molecule has 1 aromatic carbocycles. The number of carbonyl (C=O) groups is 1. The summed E-state index contributed by atoms with van der Waals surface area (Å²) in [6.07, 6.45) is 3.67. The minimum Gasteiger partial charge on any atom is -0.464 e. The van der Waals surface area contributed by atoms with Crippen LogP contribution in [0.4, 0.5) is 0 Å². The predicted molar refractivity (Wildman–Crippen MR) is 94.4 cm³/mol. The first-order valence-corrected chi connectivity index (χ1v) is 8.87. The topological polar surface area (TPSA) is 51.9 Å². The van der Waals surface area contributed by atoms with Gasteiger partial charge >= 0.3 is 0 Å². The Bertz CT molecular complexity index is 722. The molecule has 0 saturated heterocycles. The molecule has 0 saturated carbocycles. The Hall–Kier alpha value is -2.43. The summed E-state index contributed by atoms with van der Waals surface area (Å²) in [7, 11) is 0. The Morgan fingerprint density at radius 1 is 1.08 bits per heavy atom. The van der Waals surface area contributed by atoms with Crippen molar-refractivity contribution in [3.63, 3.8) is 0 Å². The number of ether oxygens (including phenoxy) is 2. The summed E-state index contributed by atoms with van der Waals surface area (Å²) in [6, 6.07) is 9.68. The van der Waals surface area contributed by atoms with Gasteiger partial charge in [-0.3, -0.25) is 4.79 Å². The molecule has 0 unspecified atom stereocenters. The van der Waals surface area contributed by atoms with Crippen LogP contribution >= 0.6 is 0 Å². The normalized spacial score (nSPS) is 12.4. The lowest BCUT2D eigenvalue weighted by Gasteiger charge is -2.22. The van der Waals surface area contributed by atoms with Crippen LogP contribution in [0.2, 0.25) is 0 Å². The molecule has 0 fully saturated rings. The second-order valence-electron chi connectivity index (χ2n) is 6.41. The second-order valence-corrected chi connectivity index (χ2v) is 6.41. The molecule has 0 radical (unpaired) electrons. The minimum absolute atomic E-state index is 0.153. The highest BCUT2D eigenvalue weighted by Crippen LogP contribution is 2.33. The molecule has 134 valence electrons. The molecule has 25 heavy (non-hydrogen) atoms. The summed E-state index contributed by atoms with van der Waals surface area (Å²) in [4.78, 5) is 14.5. The number of carbonyl (C=O) groups excluding carboxylic acids is 1. The van der Waals surface area contributed by atoms with Crippen molar-refractivity contribution in [3.05, 3.63) is 47.4 Å². The number of nitrogens with zero attached hydrogens (tertiary/aromatic N) is 1. The summed E-state index contributed by atoms with van der Waals surface area (Å²) < 4.78 is 16.5. The van der Waals surface area contributed by atoms with E-state index in [9.17, 15) is 4.79 Å². The molecular formula is C20H25NO4. The van der Waals surface area contributed by atoms with E-state index in [2.05, 4.69) is 6.92 Å². The number of benzene rings is 1. The maximum absolute atomic E-state index is 12.7. The largest absolute Gasteiger partial charge is 0.464 e. The van der Waals surface area contributed by atoms with Crippen LogP contribution in [0.5, 0.6) is 11.5 Å². The third-order valence-corrected chi connectivity index (χ3v) is 4.30. The average Bonchev–Trinajstić information content (AvgIpc) is 3.22. The first-order chi connectivity index (χ1) is 12.2. The van der Waals surface area contributed by atoms with Gasteiger partial charge in [0.05, 0.1) is 6.54 Å². The van der Waals surface area contributed by atoms with Crippen molar-refractivity contribution < 1.29 is 18.7 Å². The molecule has 0 bridgehead atoms. The quantitative estimate of drug-likeness (QED) is 0.666. The number of rotatable bonds is 8. The molecule has 0 N–H and O–H groups in total. The summed E-state index contributed by atoms with van der Waals surface area (Å²) >= 11 is 0. The monoisotopic (exact) mass is 343 g/mol. The average molecular weight is 343 g/mol. The van der Waals surface area contributed by atoms with E-state index in [1.165, 1.54) is 0 Å². The van der Waals surface area contributed by atoms with E-state index in [4.69, 9.17) is 13.9 Å².